The highest BCUT2D eigenvalue weighted by Gasteiger charge is 1.98. The predicted octanol–water partition coefficient (Wildman–Crippen LogP) is -1.65. The Kier molecular flexibility index (Phi) is 7.10. The molecule has 11 heavy (non-hydrogen) atoms. The van der Waals surface area contributed by atoms with Crippen molar-refractivity contribution in [2.24, 2.45) is 0 Å². The van der Waals surface area contributed by atoms with E-state index in [9.17, 15) is 0 Å². The molecular formula is C7H12O4. The highest BCUT2D eigenvalue weighted by molar-refractivity contribution is 4.98. The third-order valence-corrected chi connectivity index (χ3v) is 0.899. The number of hydrogen-bond donors (Lipinski definition) is 3. The van der Waals surface area contributed by atoms with Crippen LogP contribution in [-0.4, -0.2) is 47.9 Å². The van der Waals surface area contributed by atoms with E-state index in [1.807, 2.05) is 0 Å². The summed E-state index contributed by atoms with van der Waals surface area (Å²) in [6, 6.07) is 0. The Labute approximate surface area is 65.4 Å². The van der Waals surface area contributed by atoms with Crippen LogP contribution in [0.4, 0.5) is 0 Å². The first-order valence-electron chi connectivity index (χ1n) is 3.24. The van der Waals surface area contributed by atoms with Gasteiger partial charge in [0.05, 0.1) is 13.2 Å². The minimum Gasteiger partial charge on any atom is -0.394 e. The summed E-state index contributed by atoms with van der Waals surface area (Å²) >= 11 is 0. The molecule has 64 valence electrons. The molecule has 0 aromatic heterocycles. The lowest BCUT2D eigenvalue weighted by Crippen LogP contribution is -2.19. The molecule has 0 saturated carbocycles. The van der Waals surface area contributed by atoms with Gasteiger partial charge >= 0.3 is 0 Å². The molecule has 0 aliphatic heterocycles. The van der Waals surface area contributed by atoms with E-state index in [0.717, 1.165) is 0 Å². The highest BCUT2D eigenvalue weighted by Crippen LogP contribution is 1.81. The Hall–Kier alpha value is -0.600. The van der Waals surface area contributed by atoms with Gasteiger partial charge in [-0.25, -0.2) is 0 Å². The summed E-state index contributed by atoms with van der Waals surface area (Å²) in [5.41, 5.74) is 0. The summed E-state index contributed by atoms with van der Waals surface area (Å²) in [6.45, 7) is -0.270. The minimum absolute atomic E-state index is 0.0661. The Bertz CT molecular complexity index is 135. The molecular weight excluding hydrogens is 148 g/mol. The van der Waals surface area contributed by atoms with Crippen LogP contribution in [0.25, 0.3) is 0 Å². The normalized spacial score (nSPS) is 11.9. The lowest BCUT2D eigenvalue weighted by atomic mass is 10.4. The first-order chi connectivity index (χ1) is 5.31. The molecule has 0 bridgehead atoms. The van der Waals surface area contributed by atoms with Crippen LogP contribution in [-0.2, 0) is 4.74 Å². The Morgan fingerprint density at radius 3 is 2.55 bits per heavy atom. The molecule has 1 unspecified atom stereocenters. The van der Waals surface area contributed by atoms with Crippen molar-refractivity contribution in [3.05, 3.63) is 0 Å². The van der Waals surface area contributed by atoms with Gasteiger partial charge in [-0.2, -0.15) is 0 Å². The smallest absolute Gasteiger partial charge is 0.107 e. The predicted molar refractivity (Wildman–Crippen MR) is 38.8 cm³/mol. The molecule has 0 aliphatic rings. The summed E-state index contributed by atoms with van der Waals surface area (Å²) < 4.78 is 4.79. The van der Waals surface area contributed by atoms with Crippen LogP contribution in [0.15, 0.2) is 0 Å². The molecule has 1 atom stereocenters. The fourth-order valence-electron chi connectivity index (χ4n) is 0.406. The van der Waals surface area contributed by atoms with Gasteiger partial charge in [-0.05, 0) is 0 Å². The molecule has 3 N–H and O–H groups in total. The highest BCUT2D eigenvalue weighted by atomic mass is 16.5. The molecule has 0 saturated heterocycles. The van der Waals surface area contributed by atoms with E-state index in [4.69, 9.17) is 20.1 Å². The average molecular weight is 160 g/mol. The zero-order valence-corrected chi connectivity index (χ0v) is 6.16. The van der Waals surface area contributed by atoms with Crippen molar-refractivity contribution < 1.29 is 20.1 Å². The molecule has 0 aromatic carbocycles. The summed E-state index contributed by atoms with van der Waals surface area (Å²) in [5.74, 6) is 4.88. The van der Waals surface area contributed by atoms with Gasteiger partial charge in [-0.15, -0.1) is 0 Å². The van der Waals surface area contributed by atoms with Crippen LogP contribution in [0, 0.1) is 11.8 Å². The Morgan fingerprint density at radius 2 is 2.00 bits per heavy atom. The molecule has 0 spiro atoms. The Balaban J connectivity index is 3.14. The summed E-state index contributed by atoms with van der Waals surface area (Å²) in [5, 5.41) is 25.3. The average Bonchev–Trinajstić information content (AvgIpc) is 2.04. The van der Waals surface area contributed by atoms with E-state index in [0.29, 0.717) is 0 Å². The number of ether oxygens (including phenoxy) is 1. The molecule has 0 heterocycles. The van der Waals surface area contributed by atoms with Gasteiger partial charge in [0.1, 0.15) is 19.3 Å². The molecule has 0 aromatic rings. The number of hydrogen-bond acceptors (Lipinski definition) is 4. The van der Waals surface area contributed by atoms with Crippen LogP contribution in [0.5, 0.6) is 0 Å². The van der Waals surface area contributed by atoms with Crippen LogP contribution < -0.4 is 0 Å². The summed E-state index contributed by atoms with van der Waals surface area (Å²) in [6.07, 6.45) is -0.842. The maximum Gasteiger partial charge on any atom is 0.107 e. The van der Waals surface area contributed by atoms with Crippen LogP contribution in [0.1, 0.15) is 0 Å². The van der Waals surface area contributed by atoms with Gasteiger partial charge in [0.15, 0.2) is 0 Å². The second-order valence-electron chi connectivity index (χ2n) is 1.86. The van der Waals surface area contributed by atoms with E-state index in [-0.39, 0.29) is 26.4 Å². The molecule has 0 aliphatic carbocycles. The quantitative estimate of drug-likeness (QED) is 0.340. The van der Waals surface area contributed by atoms with Crippen molar-refractivity contribution >= 4 is 0 Å². The maximum absolute atomic E-state index is 8.74. The number of rotatable bonds is 4. The second kappa shape index (κ2) is 7.51. The zero-order valence-electron chi connectivity index (χ0n) is 6.16. The van der Waals surface area contributed by atoms with Crippen LogP contribution in [0.3, 0.4) is 0 Å². The van der Waals surface area contributed by atoms with Crippen molar-refractivity contribution in [3.8, 4) is 11.8 Å². The van der Waals surface area contributed by atoms with E-state index in [1.54, 1.807) is 0 Å². The fraction of sp³-hybridized carbons (Fsp3) is 0.714. The molecule has 0 radical (unpaired) electrons. The lowest BCUT2D eigenvalue weighted by Gasteiger charge is -2.04. The van der Waals surface area contributed by atoms with Gasteiger partial charge in [-0.1, -0.05) is 11.8 Å². The van der Waals surface area contributed by atoms with E-state index in [1.165, 1.54) is 0 Å². The third-order valence-electron chi connectivity index (χ3n) is 0.899. The van der Waals surface area contributed by atoms with Gasteiger partial charge in [0.25, 0.3) is 0 Å². The second-order valence-corrected chi connectivity index (χ2v) is 1.86. The van der Waals surface area contributed by atoms with Gasteiger partial charge in [0.2, 0.25) is 0 Å². The van der Waals surface area contributed by atoms with Crippen molar-refractivity contribution in [3.63, 3.8) is 0 Å². The summed E-state index contributed by atoms with van der Waals surface area (Å²) in [7, 11) is 0. The standard InChI is InChI=1S/C7H12O4/c8-3-1-2-4-11-6-7(10)5-9/h7-10H,3-6H2. The molecule has 4 nitrogen and oxygen atoms in total. The monoisotopic (exact) mass is 160 g/mol. The molecule has 0 rings (SSSR count). The fourth-order valence-corrected chi connectivity index (χ4v) is 0.406. The molecule has 4 heteroatoms. The van der Waals surface area contributed by atoms with Crippen LogP contribution in [0.2, 0.25) is 0 Å². The van der Waals surface area contributed by atoms with Crippen molar-refractivity contribution in [1.29, 1.82) is 0 Å². The Morgan fingerprint density at radius 1 is 1.27 bits per heavy atom. The van der Waals surface area contributed by atoms with E-state index < -0.39 is 6.10 Å². The van der Waals surface area contributed by atoms with Crippen molar-refractivity contribution in [1.82, 2.24) is 0 Å². The lowest BCUT2D eigenvalue weighted by molar-refractivity contribution is 0.0163. The van der Waals surface area contributed by atoms with Gasteiger partial charge in [-0.3, -0.25) is 0 Å². The van der Waals surface area contributed by atoms with Crippen LogP contribution >= 0.6 is 0 Å². The number of aliphatic hydroxyl groups excluding tert-OH is 3. The van der Waals surface area contributed by atoms with Crippen molar-refractivity contribution in [2.75, 3.05) is 26.4 Å². The summed E-state index contributed by atoms with van der Waals surface area (Å²) in [4.78, 5) is 0. The first kappa shape index (κ1) is 10.4. The SMILES string of the molecule is OCC#CCOCC(O)CO. The van der Waals surface area contributed by atoms with Gasteiger partial charge in [0, 0.05) is 0 Å². The first-order valence-corrected chi connectivity index (χ1v) is 3.24. The third kappa shape index (κ3) is 7.30. The van der Waals surface area contributed by atoms with Crippen molar-refractivity contribution in [2.45, 2.75) is 6.10 Å². The van der Waals surface area contributed by atoms with E-state index >= 15 is 0 Å². The largest absolute Gasteiger partial charge is 0.394 e. The maximum atomic E-state index is 8.74. The molecule has 0 fully saturated rings. The topological polar surface area (TPSA) is 69.9 Å². The number of aliphatic hydroxyl groups is 3. The zero-order chi connectivity index (χ0) is 8.53. The van der Waals surface area contributed by atoms with Gasteiger partial charge < -0.3 is 20.1 Å². The van der Waals surface area contributed by atoms with E-state index in [2.05, 4.69) is 11.8 Å². The molecule has 0 amide bonds. The minimum atomic E-state index is -0.842.